The van der Waals surface area contributed by atoms with Gasteiger partial charge in [0.05, 0.1) is 17.3 Å². The predicted molar refractivity (Wildman–Crippen MR) is 66.2 cm³/mol. The van der Waals surface area contributed by atoms with Crippen LogP contribution < -0.4 is 10.5 Å². The van der Waals surface area contributed by atoms with E-state index >= 15 is 0 Å². The Hall–Kier alpha value is -1.07. The molecule has 0 aliphatic heterocycles. The SMILES string of the molecule is COc1c(Br)cccc1-c1csc(N)n1. The molecule has 5 heteroatoms. The number of methoxy groups -OCH3 is 1. The van der Waals surface area contributed by atoms with Gasteiger partial charge in [0.1, 0.15) is 5.75 Å². The van der Waals surface area contributed by atoms with Crippen LogP contribution in [0.15, 0.2) is 28.1 Å². The van der Waals surface area contributed by atoms with Crippen molar-refractivity contribution in [3.63, 3.8) is 0 Å². The van der Waals surface area contributed by atoms with Crippen molar-refractivity contribution in [2.45, 2.75) is 0 Å². The Morgan fingerprint density at radius 2 is 2.27 bits per heavy atom. The quantitative estimate of drug-likeness (QED) is 0.922. The van der Waals surface area contributed by atoms with Crippen molar-refractivity contribution in [3.05, 3.63) is 28.1 Å². The third kappa shape index (κ3) is 1.98. The Balaban J connectivity index is 2.57. The molecule has 0 aliphatic rings. The van der Waals surface area contributed by atoms with Crippen molar-refractivity contribution >= 4 is 32.4 Å². The maximum absolute atomic E-state index is 5.60. The summed E-state index contributed by atoms with van der Waals surface area (Å²) in [5.74, 6) is 0.780. The highest BCUT2D eigenvalue weighted by atomic mass is 79.9. The summed E-state index contributed by atoms with van der Waals surface area (Å²) in [4.78, 5) is 4.23. The van der Waals surface area contributed by atoms with Gasteiger partial charge >= 0.3 is 0 Å². The number of anilines is 1. The van der Waals surface area contributed by atoms with Crippen LogP contribution in [0.5, 0.6) is 5.75 Å². The van der Waals surface area contributed by atoms with Crippen LogP contribution in [0.25, 0.3) is 11.3 Å². The van der Waals surface area contributed by atoms with Crippen LogP contribution >= 0.6 is 27.3 Å². The molecule has 0 saturated carbocycles. The van der Waals surface area contributed by atoms with E-state index in [0.29, 0.717) is 5.13 Å². The number of rotatable bonds is 2. The van der Waals surface area contributed by atoms with Gasteiger partial charge in [-0.1, -0.05) is 6.07 Å². The smallest absolute Gasteiger partial charge is 0.180 e. The van der Waals surface area contributed by atoms with Gasteiger partial charge in [-0.05, 0) is 28.1 Å². The molecule has 15 heavy (non-hydrogen) atoms. The molecule has 78 valence electrons. The summed E-state index contributed by atoms with van der Waals surface area (Å²) < 4.78 is 6.23. The fourth-order valence-electron chi connectivity index (χ4n) is 1.33. The van der Waals surface area contributed by atoms with E-state index in [0.717, 1.165) is 21.5 Å². The van der Waals surface area contributed by atoms with Crippen molar-refractivity contribution in [1.82, 2.24) is 4.98 Å². The summed E-state index contributed by atoms with van der Waals surface area (Å²) in [6, 6.07) is 5.83. The Morgan fingerprint density at radius 3 is 2.87 bits per heavy atom. The number of nitrogens with two attached hydrogens (primary N) is 1. The van der Waals surface area contributed by atoms with Gasteiger partial charge in [0.25, 0.3) is 0 Å². The number of nitrogen functional groups attached to an aromatic ring is 1. The lowest BCUT2D eigenvalue weighted by molar-refractivity contribution is 0.413. The summed E-state index contributed by atoms with van der Waals surface area (Å²) in [6.07, 6.45) is 0. The highest BCUT2D eigenvalue weighted by molar-refractivity contribution is 9.10. The Kier molecular flexibility index (Phi) is 2.93. The molecule has 2 aromatic rings. The van der Waals surface area contributed by atoms with Crippen molar-refractivity contribution in [3.8, 4) is 17.0 Å². The van der Waals surface area contributed by atoms with Crippen molar-refractivity contribution < 1.29 is 4.74 Å². The lowest BCUT2D eigenvalue weighted by atomic mass is 10.1. The zero-order valence-electron chi connectivity index (χ0n) is 8.03. The minimum absolute atomic E-state index is 0.562. The van der Waals surface area contributed by atoms with Crippen LogP contribution in [0.1, 0.15) is 0 Å². The molecule has 0 spiro atoms. The van der Waals surface area contributed by atoms with Gasteiger partial charge in [-0.25, -0.2) is 4.98 Å². The van der Waals surface area contributed by atoms with Crippen LogP contribution in [-0.2, 0) is 0 Å². The monoisotopic (exact) mass is 284 g/mol. The molecule has 1 aromatic heterocycles. The molecule has 0 atom stereocenters. The Morgan fingerprint density at radius 1 is 1.47 bits per heavy atom. The number of ether oxygens (including phenoxy) is 1. The second-order valence-corrected chi connectivity index (χ2v) is 4.64. The first kappa shape index (κ1) is 10.4. The molecule has 3 nitrogen and oxygen atoms in total. The van der Waals surface area contributed by atoms with E-state index < -0.39 is 0 Å². The first-order chi connectivity index (χ1) is 7.22. The summed E-state index contributed by atoms with van der Waals surface area (Å²) in [5, 5.41) is 2.48. The molecule has 0 radical (unpaired) electrons. The van der Waals surface area contributed by atoms with Gasteiger partial charge in [-0.15, -0.1) is 11.3 Å². The molecule has 2 rings (SSSR count). The molecule has 2 N–H and O–H groups in total. The number of aromatic nitrogens is 1. The molecule has 0 fully saturated rings. The summed E-state index contributed by atoms with van der Waals surface area (Å²) in [5.41, 5.74) is 7.39. The fraction of sp³-hybridized carbons (Fsp3) is 0.100. The molecular formula is C10H9BrN2OS. The van der Waals surface area contributed by atoms with Gasteiger partial charge in [-0.3, -0.25) is 0 Å². The van der Waals surface area contributed by atoms with E-state index in [-0.39, 0.29) is 0 Å². The van der Waals surface area contributed by atoms with Crippen LogP contribution in [-0.4, -0.2) is 12.1 Å². The first-order valence-electron chi connectivity index (χ1n) is 4.26. The number of para-hydroxylation sites is 1. The average Bonchev–Trinajstić information content (AvgIpc) is 2.64. The largest absolute Gasteiger partial charge is 0.495 e. The van der Waals surface area contributed by atoms with Gasteiger partial charge in [-0.2, -0.15) is 0 Å². The Bertz CT molecular complexity index is 484. The second-order valence-electron chi connectivity index (χ2n) is 2.89. The topological polar surface area (TPSA) is 48.1 Å². The molecule has 0 amide bonds. The van der Waals surface area contributed by atoms with Crippen LogP contribution in [0, 0.1) is 0 Å². The standard InChI is InChI=1S/C10H9BrN2OS/c1-14-9-6(3-2-4-7(9)11)8-5-15-10(12)13-8/h2-5H,1H3,(H2,12,13). The van der Waals surface area contributed by atoms with E-state index in [1.54, 1.807) is 7.11 Å². The zero-order chi connectivity index (χ0) is 10.8. The summed E-state index contributed by atoms with van der Waals surface area (Å²) in [6.45, 7) is 0. The second kappa shape index (κ2) is 4.20. The summed E-state index contributed by atoms with van der Waals surface area (Å²) >= 11 is 4.85. The number of benzene rings is 1. The van der Waals surface area contributed by atoms with E-state index in [9.17, 15) is 0 Å². The average molecular weight is 285 g/mol. The third-order valence-electron chi connectivity index (χ3n) is 1.97. The Labute approximate surface area is 100 Å². The normalized spacial score (nSPS) is 10.3. The lowest BCUT2D eigenvalue weighted by Gasteiger charge is -2.07. The van der Waals surface area contributed by atoms with Crippen molar-refractivity contribution in [2.24, 2.45) is 0 Å². The molecule has 1 heterocycles. The van der Waals surface area contributed by atoms with Crippen LogP contribution in [0.2, 0.25) is 0 Å². The van der Waals surface area contributed by atoms with Crippen molar-refractivity contribution in [2.75, 3.05) is 12.8 Å². The number of halogens is 1. The molecule has 0 saturated heterocycles. The third-order valence-corrected chi connectivity index (χ3v) is 3.27. The highest BCUT2D eigenvalue weighted by Gasteiger charge is 2.11. The minimum atomic E-state index is 0.562. The lowest BCUT2D eigenvalue weighted by Crippen LogP contribution is -1.90. The first-order valence-corrected chi connectivity index (χ1v) is 5.93. The molecule has 0 aliphatic carbocycles. The van der Waals surface area contributed by atoms with Crippen LogP contribution in [0.4, 0.5) is 5.13 Å². The zero-order valence-corrected chi connectivity index (χ0v) is 10.4. The van der Waals surface area contributed by atoms with Gasteiger partial charge < -0.3 is 10.5 Å². The molecule has 1 aromatic carbocycles. The minimum Gasteiger partial charge on any atom is -0.495 e. The maximum atomic E-state index is 5.60. The maximum Gasteiger partial charge on any atom is 0.180 e. The van der Waals surface area contributed by atoms with Gasteiger partial charge in [0.15, 0.2) is 5.13 Å². The molecule has 0 bridgehead atoms. The number of nitrogens with zero attached hydrogens (tertiary/aromatic N) is 1. The number of hydrogen-bond donors (Lipinski definition) is 1. The number of hydrogen-bond acceptors (Lipinski definition) is 4. The fourth-order valence-corrected chi connectivity index (χ4v) is 2.42. The molecular weight excluding hydrogens is 276 g/mol. The predicted octanol–water partition coefficient (Wildman–Crippen LogP) is 3.16. The van der Waals surface area contributed by atoms with Gasteiger partial charge in [0.2, 0.25) is 0 Å². The van der Waals surface area contributed by atoms with E-state index in [1.165, 1.54) is 11.3 Å². The van der Waals surface area contributed by atoms with Crippen LogP contribution in [0.3, 0.4) is 0 Å². The van der Waals surface area contributed by atoms with Gasteiger partial charge in [0, 0.05) is 10.9 Å². The van der Waals surface area contributed by atoms with Crippen molar-refractivity contribution in [1.29, 1.82) is 0 Å². The van der Waals surface area contributed by atoms with E-state index in [4.69, 9.17) is 10.5 Å². The highest BCUT2D eigenvalue weighted by Crippen LogP contribution is 2.36. The number of thiazole rings is 1. The molecule has 0 unspecified atom stereocenters. The van der Waals surface area contributed by atoms with E-state index in [1.807, 2.05) is 23.6 Å². The van der Waals surface area contributed by atoms with E-state index in [2.05, 4.69) is 20.9 Å². The summed E-state index contributed by atoms with van der Waals surface area (Å²) in [7, 11) is 1.64.